The minimum absolute atomic E-state index is 0.581. The summed E-state index contributed by atoms with van der Waals surface area (Å²) < 4.78 is 11.2. The second-order valence-electron chi connectivity index (χ2n) is 8.30. The smallest absolute Gasteiger partial charge is 0.122 e. The van der Waals surface area contributed by atoms with E-state index < -0.39 is 0 Å². The molecule has 4 heteroatoms. The Morgan fingerprint density at radius 3 is 1.29 bits per heavy atom. The number of hydrogen-bond acceptors (Lipinski definition) is 2. The van der Waals surface area contributed by atoms with Crippen LogP contribution in [0.3, 0.4) is 0 Å². The van der Waals surface area contributed by atoms with Crippen LogP contribution >= 0.6 is 17.2 Å². The Labute approximate surface area is 207 Å². The van der Waals surface area contributed by atoms with E-state index in [2.05, 4.69) is 79.7 Å². The van der Waals surface area contributed by atoms with Crippen molar-refractivity contribution in [3.05, 3.63) is 119 Å². The first-order chi connectivity index (χ1) is 16.7. The quantitative estimate of drug-likeness (QED) is 0.237. The zero-order valence-electron chi connectivity index (χ0n) is 20.0. The Morgan fingerprint density at radius 2 is 0.882 bits per heavy atom. The molecule has 2 unspecified atom stereocenters. The Balaban J connectivity index is 1.50. The molecule has 4 rings (SSSR count). The van der Waals surface area contributed by atoms with Crippen LogP contribution in [0.1, 0.15) is 29.2 Å². The van der Waals surface area contributed by atoms with Crippen molar-refractivity contribution >= 4 is 27.8 Å². The molecule has 2 atom stereocenters. The fraction of sp³-hybridized carbons (Fsp3) is 0.200. The molecule has 0 saturated carbocycles. The summed E-state index contributed by atoms with van der Waals surface area (Å²) in [5.41, 5.74) is 5.26. The van der Waals surface area contributed by atoms with Gasteiger partial charge in [0, 0.05) is 12.8 Å². The van der Waals surface area contributed by atoms with Gasteiger partial charge < -0.3 is 9.47 Å². The molecule has 174 valence electrons. The van der Waals surface area contributed by atoms with Crippen molar-refractivity contribution in [2.24, 2.45) is 0 Å². The van der Waals surface area contributed by atoms with E-state index in [0.717, 1.165) is 41.5 Å². The van der Waals surface area contributed by atoms with Gasteiger partial charge in [-0.1, -0.05) is 109 Å². The molecular weight excluding hydrogens is 454 g/mol. The van der Waals surface area contributed by atoms with Crippen molar-refractivity contribution in [2.45, 2.75) is 25.2 Å². The Morgan fingerprint density at radius 1 is 0.529 bits per heavy atom. The van der Waals surface area contributed by atoms with Crippen molar-refractivity contribution in [1.29, 1.82) is 0 Å². The lowest BCUT2D eigenvalue weighted by atomic mass is 10.0. The van der Waals surface area contributed by atoms with Crippen LogP contribution in [0, 0.1) is 0 Å². The summed E-state index contributed by atoms with van der Waals surface area (Å²) in [4.78, 5) is 0. The molecule has 0 spiro atoms. The van der Waals surface area contributed by atoms with E-state index in [1.54, 1.807) is 14.2 Å². The van der Waals surface area contributed by atoms with Crippen LogP contribution in [0.15, 0.2) is 97.1 Å². The van der Waals surface area contributed by atoms with Crippen molar-refractivity contribution < 1.29 is 9.47 Å². The molecule has 0 heterocycles. The normalized spacial score (nSPS) is 12.4. The van der Waals surface area contributed by atoms with E-state index in [0.29, 0.717) is 5.40 Å². The third kappa shape index (κ3) is 6.26. The second-order valence-corrected chi connectivity index (χ2v) is 12.3. The van der Waals surface area contributed by atoms with Crippen molar-refractivity contribution in [3.63, 3.8) is 0 Å². The van der Waals surface area contributed by atoms with E-state index in [1.165, 1.54) is 32.9 Å². The van der Waals surface area contributed by atoms with E-state index >= 15 is 0 Å². The molecular formula is C30H32O2P2. The van der Waals surface area contributed by atoms with Crippen LogP contribution in [0.25, 0.3) is 0 Å². The number of para-hydroxylation sites is 2. The molecule has 0 aliphatic heterocycles. The summed E-state index contributed by atoms with van der Waals surface area (Å²) in [5.74, 6) is 1.92. The number of ether oxygens (including phenoxy) is 2. The highest BCUT2D eigenvalue weighted by Gasteiger charge is 2.13. The fourth-order valence-corrected chi connectivity index (χ4v) is 7.50. The summed E-state index contributed by atoms with van der Waals surface area (Å²) in [7, 11) is 5.02. The number of rotatable bonds is 10. The van der Waals surface area contributed by atoms with Crippen molar-refractivity contribution in [2.75, 3.05) is 14.2 Å². The van der Waals surface area contributed by atoms with Gasteiger partial charge >= 0.3 is 0 Å². The third-order valence-corrected chi connectivity index (χ3v) is 9.26. The second kappa shape index (κ2) is 12.2. The van der Waals surface area contributed by atoms with Crippen molar-refractivity contribution in [3.8, 4) is 11.5 Å². The van der Waals surface area contributed by atoms with Crippen LogP contribution in [-0.4, -0.2) is 19.6 Å². The van der Waals surface area contributed by atoms with Gasteiger partial charge in [-0.2, -0.15) is 0 Å². The molecule has 2 nitrogen and oxygen atoms in total. The maximum absolute atomic E-state index is 5.59. The summed E-state index contributed by atoms with van der Waals surface area (Å²) in [6.07, 6.45) is 1.79. The van der Waals surface area contributed by atoms with Gasteiger partial charge in [-0.15, -0.1) is 0 Å². The zero-order chi connectivity index (χ0) is 23.8. The highest BCUT2D eigenvalue weighted by Crippen LogP contribution is 2.36. The van der Waals surface area contributed by atoms with Gasteiger partial charge in [0.15, 0.2) is 0 Å². The van der Waals surface area contributed by atoms with Gasteiger partial charge in [-0.25, -0.2) is 0 Å². The molecule has 0 bridgehead atoms. The summed E-state index contributed by atoms with van der Waals surface area (Å²) in [6.45, 7) is 2.39. The molecule has 0 aromatic heterocycles. The van der Waals surface area contributed by atoms with E-state index in [9.17, 15) is 0 Å². The predicted octanol–water partition coefficient (Wildman–Crippen LogP) is 6.54. The average Bonchev–Trinajstić information content (AvgIpc) is 2.87. The van der Waals surface area contributed by atoms with Gasteiger partial charge in [-0.3, -0.25) is 0 Å². The van der Waals surface area contributed by atoms with Gasteiger partial charge in [0.25, 0.3) is 0 Å². The Kier molecular flexibility index (Phi) is 8.75. The Bertz CT molecular complexity index is 1130. The fourth-order valence-electron chi connectivity index (χ4n) is 4.24. The van der Waals surface area contributed by atoms with Crippen LogP contribution in [0.4, 0.5) is 0 Å². The van der Waals surface area contributed by atoms with Gasteiger partial charge in [-0.05, 0) is 50.4 Å². The molecule has 4 aromatic rings. The number of methoxy groups -OCH3 is 2. The van der Waals surface area contributed by atoms with E-state index in [1.807, 2.05) is 24.3 Å². The standard InChI is InChI=1S/C30H32O2P2/c1-22(33-29-18-10-6-14-25(29)20-23-12-4-8-16-27(23)31-2)34-30-19-11-7-15-26(30)21-24-13-5-9-17-28(24)32-3/h4-19,22,33-34H,20-21H2,1-3H3. The van der Waals surface area contributed by atoms with Gasteiger partial charge in [0.2, 0.25) is 0 Å². The summed E-state index contributed by atoms with van der Waals surface area (Å²) in [5, 5.41) is 3.49. The predicted molar refractivity (Wildman–Crippen MR) is 150 cm³/mol. The minimum atomic E-state index is 0.581. The molecule has 0 aliphatic rings. The van der Waals surface area contributed by atoms with Crippen LogP contribution in [0.2, 0.25) is 0 Å². The van der Waals surface area contributed by atoms with Crippen LogP contribution < -0.4 is 20.1 Å². The molecule has 0 saturated heterocycles. The molecule has 34 heavy (non-hydrogen) atoms. The van der Waals surface area contributed by atoms with Crippen LogP contribution in [0.5, 0.6) is 11.5 Å². The lowest BCUT2D eigenvalue weighted by Crippen LogP contribution is -2.11. The van der Waals surface area contributed by atoms with E-state index in [4.69, 9.17) is 9.47 Å². The minimum Gasteiger partial charge on any atom is -0.496 e. The maximum Gasteiger partial charge on any atom is 0.122 e. The first kappa shape index (κ1) is 24.5. The highest BCUT2D eigenvalue weighted by atomic mass is 31.1. The highest BCUT2D eigenvalue weighted by molar-refractivity contribution is 7.65. The summed E-state index contributed by atoms with van der Waals surface area (Å²) in [6, 6.07) is 34.4. The first-order valence-corrected chi connectivity index (χ1v) is 13.8. The molecule has 0 radical (unpaired) electrons. The average molecular weight is 487 g/mol. The SMILES string of the molecule is COc1ccccc1Cc1ccccc1PC(C)Pc1ccccc1Cc1ccccc1OC. The lowest BCUT2D eigenvalue weighted by Gasteiger charge is -2.18. The first-order valence-electron chi connectivity index (χ1n) is 11.6. The maximum atomic E-state index is 5.59. The molecule has 0 N–H and O–H groups in total. The van der Waals surface area contributed by atoms with Gasteiger partial charge in [0.1, 0.15) is 11.5 Å². The number of benzene rings is 4. The molecule has 0 fully saturated rings. The molecule has 4 aromatic carbocycles. The molecule has 0 aliphatic carbocycles. The third-order valence-electron chi connectivity index (χ3n) is 5.93. The zero-order valence-corrected chi connectivity index (χ0v) is 22.0. The lowest BCUT2D eigenvalue weighted by molar-refractivity contribution is 0.410. The molecule has 0 amide bonds. The van der Waals surface area contributed by atoms with Crippen molar-refractivity contribution in [1.82, 2.24) is 0 Å². The van der Waals surface area contributed by atoms with Crippen LogP contribution in [-0.2, 0) is 12.8 Å². The Hall–Kier alpha value is -2.66. The summed E-state index contributed by atoms with van der Waals surface area (Å²) >= 11 is 0. The topological polar surface area (TPSA) is 18.5 Å². The van der Waals surface area contributed by atoms with Gasteiger partial charge in [0.05, 0.1) is 14.2 Å². The van der Waals surface area contributed by atoms with E-state index in [-0.39, 0.29) is 0 Å². The largest absolute Gasteiger partial charge is 0.496 e. The number of hydrogen-bond donors (Lipinski definition) is 0. The monoisotopic (exact) mass is 486 g/mol.